The van der Waals surface area contributed by atoms with Crippen molar-refractivity contribution in [3.63, 3.8) is 0 Å². The number of hydrogen-bond donors (Lipinski definition) is 1. The van der Waals surface area contributed by atoms with Gasteiger partial charge in [0, 0.05) is 24.2 Å². The number of likely N-dealkylation sites (N-methyl/N-ethyl adjacent to an activating group) is 2. The van der Waals surface area contributed by atoms with Crippen molar-refractivity contribution in [3.8, 4) is 0 Å². The number of amides is 2. The molecule has 0 unspecified atom stereocenters. The monoisotopic (exact) mass is 239 g/mol. The molecular weight excluding hydrogens is 218 g/mol. The highest BCUT2D eigenvalue weighted by Crippen LogP contribution is 2.00. The number of nitrogens with one attached hydrogen (secondary N) is 1. The molecule has 0 radical (unpaired) electrons. The largest absolute Gasteiger partial charge is 0.268 e. The summed E-state index contributed by atoms with van der Waals surface area (Å²) >= 11 is 0. The van der Waals surface area contributed by atoms with Crippen LogP contribution >= 0.6 is 0 Å². The lowest BCUT2D eigenvalue weighted by Crippen LogP contribution is -2.54. The van der Waals surface area contributed by atoms with E-state index in [0.717, 1.165) is 0 Å². The van der Waals surface area contributed by atoms with Crippen molar-refractivity contribution in [2.75, 3.05) is 13.1 Å². The zero-order valence-corrected chi connectivity index (χ0v) is 11.0. The van der Waals surface area contributed by atoms with Crippen molar-refractivity contribution in [1.29, 1.82) is 0 Å². The van der Waals surface area contributed by atoms with Crippen molar-refractivity contribution in [3.05, 3.63) is 24.3 Å². The fourth-order valence-electron chi connectivity index (χ4n) is 1.13. The average Bonchev–Trinajstić information content (AvgIpc) is 2.28. The molecule has 0 aromatic rings. The van der Waals surface area contributed by atoms with Crippen molar-refractivity contribution in [2.24, 2.45) is 0 Å². The second-order valence-electron chi connectivity index (χ2n) is 3.76. The van der Waals surface area contributed by atoms with Crippen molar-refractivity contribution >= 4 is 11.8 Å². The highest BCUT2D eigenvalue weighted by Gasteiger charge is 2.18. The number of nitrogens with zero attached hydrogens (tertiary/aromatic N) is 2. The molecule has 0 heterocycles. The summed E-state index contributed by atoms with van der Waals surface area (Å²) in [4.78, 5) is 23.4. The van der Waals surface area contributed by atoms with E-state index in [2.05, 4.69) is 18.7 Å². The zero-order chi connectivity index (χ0) is 13.6. The molecule has 1 N–H and O–H groups in total. The van der Waals surface area contributed by atoms with Crippen LogP contribution in [0.25, 0.3) is 0 Å². The van der Waals surface area contributed by atoms with Gasteiger partial charge in [-0.1, -0.05) is 13.2 Å². The molecule has 0 atom stereocenters. The molecule has 0 spiro atoms. The third kappa shape index (κ3) is 4.40. The first-order chi connectivity index (χ1) is 7.84. The number of rotatable bonds is 6. The Hall–Kier alpha value is -1.62. The van der Waals surface area contributed by atoms with Gasteiger partial charge in [-0.25, -0.2) is 0 Å². The minimum Gasteiger partial charge on any atom is -0.268 e. The standard InChI is InChI=1S/C12H21N3O2/c1-7-14(11(16)9(3)4)13-15(8-2)12(17)10(5)6/h13H,3,5,7-8H2,1-2,4,6H3. The molecule has 5 nitrogen and oxygen atoms in total. The maximum Gasteiger partial charge on any atom is 0.264 e. The van der Waals surface area contributed by atoms with Crippen molar-refractivity contribution in [2.45, 2.75) is 27.7 Å². The van der Waals surface area contributed by atoms with Crippen LogP contribution in [0.3, 0.4) is 0 Å². The highest BCUT2D eigenvalue weighted by molar-refractivity contribution is 5.93. The molecule has 2 amide bonds. The molecule has 0 bridgehead atoms. The Morgan fingerprint density at radius 2 is 1.24 bits per heavy atom. The van der Waals surface area contributed by atoms with Crippen LogP contribution < -0.4 is 5.53 Å². The Labute approximate surface area is 103 Å². The first-order valence-corrected chi connectivity index (χ1v) is 5.56. The Kier molecular flexibility index (Phi) is 6.20. The average molecular weight is 239 g/mol. The summed E-state index contributed by atoms with van der Waals surface area (Å²) in [6.07, 6.45) is 0. The summed E-state index contributed by atoms with van der Waals surface area (Å²) in [6.45, 7) is 14.9. The molecule has 0 aliphatic heterocycles. The molecule has 0 fully saturated rings. The molecule has 0 aliphatic carbocycles. The van der Waals surface area contributed by atoms with Gasteiger partial charge in [0.25, 0.3) is 11.8 Å². The van der Waals surface area contributed by atoms with Gasteiger partial charge in [0.15, 0.2) is 0 Å². The van der Waals surface area contributed by atoms with Crippen molar-refractivity contribution in [1.82, 2.24) is 15.6 Å². The molecule has 0 saturated heterocycles. The van der Waals surface area contributed by atoms with E-state index in [1.54, 1.807) is 13.8 Å². The fraction of sp³-hybridized carbons (Fsp3) is 0.500. The number of hydrogen-bond acceptors (Lipinski definition) is 3. The van der Waals surface area contributed by atoms with Crippen LogP contribution in [0, 0.1) is 0 Å². The Balaban J connectivity index is 4.74. The number of hydrazine groups is 2. The van der Waals surface area contributed by atoms with Crippen LogP contribution in [0.15, 0.2) is 24.3 Å². The topological polar surface area (TPSA) is 52.7 Å². The van der Waals surface area contributed by atoms with E-state index in [1.807, 2.05) is 13.8 Å². The van der Waals surface area contributed by atoms with E-state index in [1.165, 1.54) is 10.0 Å². The van der Waals surface area contributed by atoms with Crippen LogP contribution in [0.5, 0.6) is 0 Å². The van der Waals surface area contributed by atoms with Gasteiger partial charge in [0.1, 0.15) is 0 Å². The molecule has 0 aromatic heterocycles. The van der Waals surface area contributed by atoms with Crippen LogP contribution in [0.1, 0.15) is 27.7 Å². The van der Waals surface area contributed by atoms with Gasteiger partial charge in [0.05, 0.1) is 0 Å². The zero-order valence-electron chi connectivity index (χ0n) is 11.0. The summed E-state index contributed by atoms with van der Waals surface area (Å²) in [5, 5.41) is 2.68. The van der Waals surface area contributed by atoms with Gasteiger partial charge in [-0.2, -0.15) is 0 Å². The fourth-order valence-corrected chi connectivity index (χ4v) is 1.13. The molecule has 0 saturated carbocycles. The molecular formula is C12H21N3O2. The van der Waals surface area contributed by atoms with E-state index in [4.69, 9.17) is 0 Å². The van der Waals surface area contributed by atoms with Crippen LogP contribution in [0.4, 0.5) is 0 Å². The third-order valence-electron chi connectivity index (χ3n) is 2.09. The Morgan fingerprint density at radius 1 is 0.941 bits per heavy atom. The predicted octanol–water partition coefficient (Wildman–Crippen LogP) is 1.26. The van der Waals surface area contributed by atoms with Gasteiger partial charge in [-0.05, 0) is 27.7 Å². The first-order valence-electron chi connectivity index (χ1n) is 5.56. The van der Waals surface area contributed by atoms with Crippen molar-refractivity contribution < 1.29 is 9.59 Å². The molecule has 0 rings (SSSR count). The van der Waals surface area contributed by atoms with Crippen LogP contribution in [0.2, 0.25) is 0 Å². The highest BCUT2D eigenvalue weighted by atomic mass is 16.2. The number of carbonyl (C=O) groups is 2. The second kappa shape index (κ2) is 6.85. The lowest BCUT2D eigenvalue weighted by molar-refractivity contribution is -0.144. The summed E-state index contributed by atoms with van der Waals surface area (Å²) in [6, 6.07) is 0. The summed E-state index contributed by atoms with van der Waals surface area (Å²) in [7, 11) is 0. The van der Waals surface area contributed by atoms with Gasteiger partial charge in [-0.15, -0.1) is 5.53 Å². The van der Waals surface area contributed by atoms with E-state index >= 15 is 0 Å². The molecule has 0 aliphatic rings. The molecule has 5 heteroatoms. The lowest BCUT2D eigenvalue weighted by Gasteiger charge is -2.30. The van der Waals surface area contributed by atoms with Crippen LogP contribution in [-0.2, 0) is 9.59 Å². The maximum atomic E-state index is 11.7. The minimum absolute atomic E-state index is 0.236. The normalized spacial score (nSPS) is 9.65. The second-order valence-corrected chi connectivity index (χ2v) is 3.76. The predicted molar refractivity (Wildman–Crippen MR) is 67.5 cm³/mol. The molecule has 96 valence electrons. The quantitative estimate of drug-likeness (QED) is 0.560. The van der Waals surface area contributed by atoms with Gasteiger partial charge < -0.3 is 0 Å². The van der Waals surface area contributed by atoms with E-state index in [9.17, 15) is 9.59 Å². The van der Waals surface area contributed by atoms with E-state index in [0.29, 0.717) is 24.2 Å². The molecule has 17 heavy (non-hydrogen) atoms. The first kappa shape index (κ1) is 15.4. The third-order valence-corrected chi connectivity index (χ3v) is 2.09. The maximum absolute atomic E-state index is 11.7. The summed E-state index contributed by atoms with van der Waals surface area (Å²) in [5.41, 5.74) is 3.59. The van der Waals surface area contributed by atoms with E-state index in [-0.39, 0.29) is 11.8 Å². The lowest BCUT2D eigenvalue weighted by atomic mass is 10.3. The van der Waals surface area contributed by atoms with E-state index < -0.39 is 0 Å². The SMILES string of the molecule is C=C(C)C(=O)N(CC)NN(CC)C(=O)C(=C)C. The smallest absolute Gasteiger partial charge is 0.264 e. The Morgan fingerprint density at radius 3 is 1.41 bits per heavy atom. The molecule has 0 aromatic carbocycles. The summed E-state index contributed by atoms with van der Waals surface area (Å²) in [5.74, 6) is -0.471. The van der Waals surface area contributed by atoms with Gasteiger partial charge in [-0.3, -0.25) is 19.6 Å². The van der Waals surface area contributed by atoms with Crippen LogP contribution in [-0.4, -0.2) is 34.9 Å². The Bertz CT molecular complexity index is 305. The minimum atomic E-state index is -0.236. The summed E-state index contributed by atoms with van der Waals surface area (Å²) < 4.78 is 0. The number of carbonyl (C=O) groups excluding carboxylic acids is 2. The van der Waals surface area contributed by atoms with Gasteiger partial charge in [0.2, 0.25) is 0 Å². The van der Waals surface area contributed by atoms with Gasteiger partial charge >= 0.3 is 0 Å².